The van der Waals surface area contributed by atoms with Gasteiger partial charge in [0.2, 0.25) is 0 Å². The number of methoxy groups -OCH3 is 2. The third-order valence-corrected chi connectivity index (χ3v) is 4.49. The van der Waals surface area contributed by atoms with Crippen molar-refractivity contribution >= 4 is 5.91 Å². The van der Waals surface area contributed by atoms with Crippen LogP contribution in [0, 0.1) is 11.8 Å². The van der Waals surface area contributed by atoms with Gasteiger partial charge in [0, 0.05) is 31.3 Å². The number of hydrogen-bond acceptors (Lipinski definition) is 4. The minimum atomic E-state index is -0.0902. The Balaban J connectivity index is 1.79. The largest absolute Gasteiger partial charge is 0.497 e. The number of amides is 1. The first-order valence-electron chi connectivity index (χ1n) is 8.75. The van der Waals surface area contributed by atoms with Crippen LogP contribution in [0.15, 0.2) is 18.2 Å². The van der Waals surface area contributed by atoms with Crippen LogP contribution in [0.3, 0.4) is 0 Å². The van der Waals surface area contributed by atoms with E-state index in [1.165, 1.54) is 19.5 Å². The first kappa shape index (κ1) is 18.6. The summed E-state index contributed by atoms with van der Waals surface area (Å²) in [5, 5.41) is 2.99. The van der Waals surface area contributed by atoms with Crippen molar-refractivity contribution in [2.75, 3.05) is 40.4 Å². The van der Waals surface area contributed by atoms with E-state index in [4.69, 9.17) is 9.47 Å². The number of carbonyl (C=O) groups is 1. The molecule has 2 unspecified atom stereocenters. The maximum Gasteiger partial charge on any atom is 0.251 e. The quantitative estimate of drug-likeness (QED) is 0.779. The molecule has 0 aliphatic carbocycles. The lowest BCUT2D eigenvalue weighted by molar-refractivity contribution is 0.0946. The highest BCUT2D eigenvalue weighted by molar-refractivity contribution is 5.95. The summed E-state index contributed by atoms with van der Waals surface area (Å²) >= 11 is 0. The third-order valence-electron chi connectivity index (χ3n) is 4.49. The van der Waals surface area contributed by atoms with E-state index < -0.39 is 0 Å². The Morgan fingerprint density at radius 2 is 1.71 bits per heavy atom. The van der Waals surface area contributed by atoms with E-state index in [0.717, 1.165) is 24.8 Å². The van der Waals surface area contributed by atoms with Gasteiger partial charge in [-0.25, -0.2) is 0 Å². The van der Waals surface area contributed by atoms with Crippen LogP contribution < -0.4 is 14.8 Å². The molecule has 2 rings (SSSR count). The van der Waals surface area contributed by atoms with Gasteiger partial charge < -0.3 is 19.7 Å². The fraction of sp³-hybridized carbons (Fsp3) is 0.632. The molecule has 1 heterocycles. The second kappa shape index (κ2) is 8.92. The maximum atomic E-state index is 12.3. The van der Waals surface area contributed by atoms with Gasteiger partial charge in [-0.15, -0.1) is 0 Å². The number of nitrogens with zero attached hydrogens (tertiary/aromatic N) is 1. The first-order valence-corrected chi connectivity index (χ1v) is 8.75. The Hall–Kier alpha value is -1.75. The van der Waals surface area contributed by atoms with E-state index in [1.807, 2.05) is 0 Å². The number of nitrogens with one attached hydrogen (secondary N) is 1. The molecule has 2 atom stereocenters. The van der Waals surface area contributed by atoms with Gasteiger partial charge in [-0.2, -0.15) is 0 Å². The van der Waals surface area contributed by atoms with Crippen molar-refractivity contribution in [2.45, 2.75) is 26.7 Å². The van der Waals surface area contributed by atoms with Crippen LogP contribution in [0.4, 0.5) is 0 Å². The van der Waals surface area contributed by atoms with Crippen molar-refractivity contribution in [3.05, 3.63) is 23.8 Å². The van der Waals surface area contributed by atoms with Gasteiger partial charge in [0.1, 0.15) is 11.5 Å². The lowest BCUT2D eigenvalue weighted by Crippen LogP contribution is -2.40. The summed E-state index contributed by atoms with van der Waals surface area (Å²) in [6.45, 7) is 8.70. The molecule has 0 spiro atoms. The number of rotatable bonds is 7. The lowest BCUT2D eigenvalue weighted by Gasteiger charge is -2.34. The molecule has 1 fully saturated rings. The van der Waals surface area contributed by atoms with Gasteiger partial charge in [-0.3, -0.25) is 4.79 Å². The Morgan fingerprint density at radius 1 is 1.12 bits per heavy atom. The molecular weight excluding hydrogens is 304 g/mol. The zero-order chi connectivity index (χ0) is 17.5. The van der Waals surface area contributed by atoms with Crippen LogP contribution in [0.2, 0.25) is 0 Å². The molecule has 1 amide bonds. The van der Waals surface area contributed by atoms with E-state index in [9.17, 15) is 4.79 Å². The van der Waals surface area contributed by atoms with Gasteiger partial charge in [0.15, 0.2) is 0 Å². The summed E-state index contributed by atoms with van der Waals surface area (Å²) in [7, 11) is 3.16. The second-order valence-corrected chi connectivity index (χ2v) is 6.92. The predicted octanol–water partition coefficient (Wildman–Crippen LogP) is 2.80. The molecule has 24 heavy (non-hydrogen) atoms. The Morgan fingerprint density at radius 3 is 2.25 bits per heavy atom. The molecule has 134 valence electrons. The number of likely N-dealkylation sites (tertiary alicyclic amines) is 1. The smallest absolute Gasteiger partial charge is 0.251 e. The van der Waals surface area contributed by atoms with E-state index in [2.05, 4.69) is 24.1 Å². The van der Waals surface area contributed by atoms with Crippen LogP contribution in [0.5, 0.6) is 11.5 Å². The first-order chi connectivity index (χ1) is 11.5. The number of ether oxygens (including phenoxy) is 2. The maximum absolute atomic E-state index is 12.3. The van der Waals surface area contributed by atoms with Crippen molar-refractivity contribution in [2.24, 2.45) is 11.8 Å². The molecule has 5 heteroatoms. The van der Waals surface area contributed by atoms with Gasteiger partial charge in [-0.1, -0.05) is 13.8 Å². The fourth-order valence-corrected chi connectivity index (χ4v) is 3.52. The van der Waals surface area contributed by atoms with E-state index in [0.29, 0.717) is 23.6 Å². The van der Waals surface area contributed by atoms with E-state index >= 15 is 0 Å². The predicted molar refractivity (Wildman–Crippen MR) is 95.9 cm³/mol. The summed E-state index contributed by atoms with van der Waals surface area (Å²) in [4.78, 5) is 14.8. The normalized spacial score (nSPS) is 21.3. The van der Waals surface area contributed by atoms with Gasteiger partial charge in [-0.05, 0) is 43.4 Å². The Bertz CT molecular complexity index is 515. The minimum Gasteiger partial charge on any atom is -0.497 e. The highest BCUT2D eigenvalue weighted by atomic mass is 16.5. The average molecular weight is 334 g/mol. The second-order valence-electron chi connectivity index (χ2n) is 6.92. The minimum absolute atomic E-state index is 0.0902. The van der Waals surface area contributed by atoms with E-state index in [1.54, 1.807) is 32.4 Å². The number of hydrogen-bond donors (Lipinski definition) is 1. The highest BCUT2D eigenvalue weighted by Crippen LogP contribution is 2.22. The number of piperidine rings is 1. The molecular formula is C19H30N2O3. The molecule has 0 bridgehead atoms. The fourth-order valence-electron chi connectivity index (χ4n) is 3.52. The molecule has 1 saturated heterocycles. The Kier molecular flexibility index (Phi) is 6.91. The van der Waals surface area contributed by atoms with Crippen LogP contribution in [0.25, 0.3) is 0 Å². The zero-order valence-corrected chi connectivity index (χ0v) is 15.3. The molecule has 1 N–H and O–H groups in total. The van der Waals surface area contributed by atoms with E-state index in [-0.39, 0.29) is 5.91 Å². The van der Waals surface area contributed by atoms with Crippen molar-refractivity contribution in [1.29, 1.82) is 0 Å². The number of carbonyl (C=O) groups excluding carboxylic acids is 1. The Labute approximate surface area is 145 Å². The zero-order valence-electron chi connectivity index (χ0n) is 15.3. The molecule has 0 radical (unpaired) electrons. The molecule has 1 aromatic rings. The van der Waals surface area contributed by atoms with Crippen molar-refractivity contribution in [3.63, 3.8) is 0 Å². The van der Waals surface area contributed by atoms with Crippen molar-refractivity contribution in [1.82, 2.24) is 10.2 Å². The third kappa shape index (κ3) is 5.41. The summed E-state index contributed by atoms with van der Waals surface area (Å²) in [6, 6.07) is 5.22. The molecule has 1 aliphatic rings. The standard InChI is InChI=1S/C19H30N2O3/c1-14-8-15(2)13-21(12-14)7-5-6-20-19(22)16-9-17(23-3)11-18(10-16)24-4/h9-11,14-15H,5-8,12-13H2,1-4H3,(H,20,22). The van der Waals surface area contributed by atoms with Crippen LogP contribution >= 0.6 is 0 Å². The summed E-state index contributed by atoms with van der Waals surface area (Å²) in [6.07, 6.45) is 2.29. The molecule has 1 aromatic carbocycles. The molecule has 0 saturated carbocycles. The SMILES string of the molecule is COc1cc(OC)cc(C(=O)NCCCN2CC(C)CC(C)C2)c1. The van der Waals surface area contributed by atoms with Gasteiger partial charge >= 0.3 is 0 Å². The van der Waals surface area contributed by atoms with Crippen LogP contribution in [-0.2, 0) is 0 Å². The summed E-state index contributed by atoms with van der Waals surface area (Å²) in [5.74, 6) is 2.69. The topological polar surface area (TPSA) is 50.8 Å². The van der Waals surface area contributed by atoms with Crippen molar-refractivity contribution < 1.29 is 14.3 Å². The highest BCUT2D eigenvalue weighted by Gasteiger charge is 2.21. The molecule has 0 aromatic heterocycles. The lowest BCUT2D eigenvalue weighted by atomic mass is 9.92. The molecule has 1 aliphatic heterocycles. The average Bonchev–Trinajstić information content (AvgIpc) is 2.57. The van der Waals surface area contributed by atoms with Crippen LogP contribution in [-0.4, -0.2) is 51.2 Å². The van der Waals surface area contributed by atoms with Gasteiger partial charge in [0.25, 0.3) is 5.91 Å². The monoisotopic (exact) mass is 334 g/mol. The summed E-state index contributed by atoms with van der Waals surface area (Å²) in [5.41, 5.74) is 0.561. The number of benzene rings is 1. The summed E-state index contributed by atoms with van der Waals surface area (Å²) < 4.78 is 10.4. The van der Waals surface area contributed by atoms with Gasteiger partial charge in [0.05, 0.1) is 14.2 Å². The molecule has 5 nitrogen and oxygen atoms in total. The van der Waals surface area contributed by atoms with Crippen molar-refractivity contribution in [3.8, 4) is 11.5 Å². The van der Waals surface area contributed by atoms with Crippen LogP contribution in [0.1, 0.15) is 37.0 Å².